The van der Waals surface area contributed by atoms with E-state index in [0.29, 0.717) is 0 Å². The van der Waals surface area contributed by atoms with Crippen LogP contribution in [0.25, 0.3) is 0 Å². The van der Waals surface area contributed by atoms with Gasteiger partial charge in [-0.2, -0.15) is 0 Å². The first-order valence-electron chi connectivity index (χ1n) is 5.33. The summed E-state index contributed by atoms with van der Waals surface area (Å²) >= 11 is 0. The highest BCUT2D eigenvalue weighted by Crippen LogP contribution is 2.17. The maximum Gasteiger partial charge on any atom is 0.317 e. The van der Waals surface area contributed by atoms with Gasteiger partial charge in [0.15, 0.2) is 0 Å². The Morgan fingerprint density at radius 3 is 2.53 bits per heavy atom. The number of hydrogen-bond donors (Lipinski definition) is 2. The first kappa shape index (κ1) is 11.8. The first-order valence-corrected chi connectivity index (χ1v) is 5.33. The van der Waals surface area contributed by atoms with Crippen molar-refractivity contribution in [1.82, 2.24) is 10.2 Å². The Kier molecular flexibility index (Phi) is 4.39. The van der Waals surface area contributed by atoms with Crippen LogP contribution in [0, 0.1) is 0 Å². The van der Waals surface area contributed by atoms with Crippen LogP contribution in [-0.4, -0.2) is 41.6 Å². The molecule has 0 saturated heterocycles. The Labute approximate surface area is 89.4 Å². The summed E-state index contributed by atoms with van der Waals surface area (Å²) in [4.78, 5) is 23.3. The molecule has 0 unspecified atom stereocenters. The van der Waals surface area contributed by atoms with Crippen molar-refractivity contribution >= 4 is 12.0 Å². The lowest BCUT2D eigenvalue weighted by Crippen LogP contribution is -2.42. The van der Waals surface area contributed by atoms with Crippen molar-refractivity contribution in [1.29, 1.82) is 0 Å². The zero-order valence-electron chi connectivity index (χ0n) is 9.03. The molecule has 1 rings (SSSR count). The lowest BCUT2D eigenvalue weighted by molar-refractivity contribution is -0.137. The fraction of sp³-hybridized carbons (Fsp3) is 0.800. The van der Waals surface area contributed by atoms with Crippen LogP contribution in [0.2, 0.25) is 0 Å². The smallest absolute Gasteiger partial charge is 0.317 e. The average Bonchev–Trinajstić information content (AvgIpc) is 2.66. The number of carbonyl (C=O) groups excluding carboxylic acids is 1. The minimum absolute atomic E-state index is 0.00537. The van der Waals surface area contributed by atoms with E-state index in [1.54, 1.807) is 7.05 Å². The summed E-state index contributed by atoms with van der Waals surface area (Å²) in [6.45, 7) is 0.258. The summed E-state index contributed by atoms with van der Waals surface area (Å²) in [5.41, 5.74) is 0. The molecule has 2 amide bonds. The second kappa shape index (κ2) is 5.58. The van der Waals surface area contributed by atoms with Gasteiger partial charge in [0.2, 0.25) is 0 Å². The van der Waals surface area contributed by atoms with Crippen LogP contribution in [0.5, 0.6) is 0 Å². The summed E-state index contributed by atoms with van der Waals surface area (Å²) in [5.74, 6) is -0.879. The molecular weight excluding hydrogens is 196 g/mol. The number of carbonyl (C=O) groups is 2. The van der Waals surface area contributed by atoms with Gasteiger partial charge in [0.25, 0.3) is 0 Å². The summed E-state index contributed by atoms with van der Waals surface area (Å²) in [7, 11) is 1.62. The van der Waals surface area contributed by atoms with Gasteiger partial charge < -0.3 is 15.3 Å². The van der Waals surface area contributed by atoms with E-state index in [9.17, 15) is 9.59 Å². The highest BCUT2D eigenvalue weighted by molar-refractivity contribution is 5.75. The number of urea groups is 1. The summed E-state index contributed by atoms with van der Waals surface area (Å²) < 4.78 is 0. The Hall–Kier alpha value is -1.26. The molecule has 2 N–H and O–H groups in total. The minimum Gasteiger partial charge on any atom is -0.481 e. The average molecular weight is 214 g/mol. The Balaban J connectivity index is 2.22. The number of aliphatic carboxylic acids is 1. The lowest BCUT2D eigenvalue weighted by Gasteiger charge is -2.20. The van der Waals surface area contributed by atoms with E-state index in [0.717, 1.165) is 12.8 Å². The lowest BCUT2D eigenvalue weighted by atomic mass is 10.2. The van der Waals surface area contributed by atoms with Crippen LogP contribution in [0.1, 0.15) is 32.1 Å². The number of nitrogens with zero attached hydrogens (tertiary/aromatic N) is 1. The zero-order chi connectivity index (χ0) is 11.3. The van der Waals surface area contributed by atoms with E-state index in [-0.39, 0.29) is 25.0 Å². The van der Waals surface area contributed by atoms with Crippen LogP contribution >= 0.6 is 0 Å². The standard InChI is InChI=1S/C10H18N2O3/c1-12(7-6-9(13)14)10(15)11-8-4-2-3-5-8/h8H,2-7H2,1H3,(H,11,15)(H,13,14). The molecule has 5 heteroatoms. The molecule has 1 aliphatic rings. The highest BCUT2D eigenvalue weighted by Gasteiger charge is 2.19. The van der Waals surface area contributed by atoms with E-state index < -0.39 is 5.97 Å². The van der Waals surface area contributed by atoms with E-state index >= 15 is 0 Å². The van der Waals surface area contributed by atoms with Gasteiger partial charge in [-0.05, 0) is 12.8 Å². The molecular formula is C10H18N2O3. The van der Waals surface area contributed by atoms with Crippen molar-refractivity contribution in [2.45, 2.75) is 38.1 Å². The molecule has 0 aromatic rings. The van der Waals surface area contributed by atoms with Crippen molar-refractivity contribution in [3.63, 3.8) is 0 Å². The third-order valence-electron chi connectivity index (χ3n) is 2.69. The van der Waals surface area contributed by atoms with Gasteiger partial charge in [-0.1, -0.05) is 12.8 Å². The molecule has 86 valence electrons. The molecule has 0 bridgehead atoms. The van der Waals surface area contributed by atoms with E-state index in [2.05, 4.69) is 5.32 Å². The van der Waals surface area contributed by atoms with Gasteiger partial charge in [-0.3, -0.25) is 4.79 Å². The van der Waals surface area contributed by atoms with Crippen LogP contribution in [0.15, 0.2) is 0 Å². The molecule has 0 aliphatic heterocycles. The normalized spacial score (nSPS) is 16.3. The van der Waals surface area contributed by atoms with Gasteiger partial charge >= 0.3 is 12.0 Å². The fourth-order valence-corrected chi connectivity index (χ4v) is 1.72. The number of hydrogen-bond acceptors (Lipinski definition) is 2. The van der Waals surface area contributed by atoms with Crippen molar-refractivity contribution in [3.05, 3.63) is 0 Å². The number of amides is 2. The van der Waals surface area contributed by atoms with Crippen LogP contribution < -0.4 is 5.32 Å². The van der Waals surface area contributed by atoms with Crippen molar-refractivity contribution in [3.8, 4) is 0 Å². The molecule has 0 aromatic heterocycles. The van der Waals surface area contributed by atoms with Gasteiger partial charge in [0.05, 0.1) is 6.42 Å². The van der Waals surface area contributed by atoms with E-state index in [4.69, 9.17) is 5.11 Å². The quantitative estimate of drug-likeness (QED) is 0.734. The fourth-order valence-electron chi connectivity index (χ4n) is 1.72. The summed E-state index contributed by atoms with van der Waals surface area (Å²) in [5, 5.41) is 11.4. The van der Waals surface area contributed by atoms with Crippen molar-refractivity contribution in [2.75, 3.05) is 13.6 Å². The maximum absolute atomic E-state index is 11.5. The number of carboxylic acid groups (broad SMARTS) is 1. The molecule has 1 saturated carbocycles. The SMILES string of the molecule is CN(CCC(=O)O)C(=O)NC1CCCC1. The van der Waals surface area contributed by atoms with Crippen LogP contribution in [0.3, 0.4) is 0 Å². The monoisotopic (exact) mass is 214 g/mol. The predicted molar refractivity (Wildman–Crippen MR) is 55.7 cm³/mol. The molecule has 0 heterocycles. The Bertz CT molecular complexity index is 237. The van der Waals surface area contributed by atoms with Crippen molar-refractivity contribution in [2.24, 2.45) is 0 Å². The molecule has 5 nitrogen and oxygen atoms in total. The van der Waals surface area contributed by atoms with Crippen LogP contribution in [-0.2, 0) is 4.79 Å². The zero-order valence-corrected chi connectivity index (χ0v) is 9.03. The Morgan fingerprint density at radius 2 is 2.00 bits per heavy atom. The van der Waals surface area contributed by atoms with Gasteiger partial charge in [0.1, 0.15) is 0 Å². The molecule has 0 radical (unpaired) electrons. The number of nitrogens with one attached hydrogen (secondary N) is 1. The summed E-state index contributed by atoms with van der Waals surface area (Å²) in [6, 6.07) is 0.118. The highest BCUT2D eigenvalue weighted by atomic mass is 16.4. The van der Waals surface area contributed by atoms with Crippen LogP contribution in [0.4, 0.5) is 4.79 Å². The Morgan fingerprint density at radius 1 is 1.40 bits per heavy atom. The number of carboxylic acids is 1. The largest absolute Gasteiger partial charge is 0.481 e. The van der Waals surface area contributed by atoms with Gasteiger partial charge in [0, 0.05) is 19.6 Å². The molecule has 0 spiro atoms. The molecule has 0 atom stereocenters. The molecule has 1 aliphatic carbocycles. The molecule has 1 fully saturated rings. The first-order chi connectivity index (χ1) is 7.09. The second-order valence-corrected chi connectivity index (χ2v) is 4.00. The van der Waals surface area contributed by atoms with Crippen molar-refractivity contribution < 1.29 is 14.7 Å². The maximum atomic E-state index is 11.5. The second-order valence-electron chi connectivity index (χ2n) is 4.00. The third-order valence-corrected chi connectivity index (χ3v) is 2.69. The van der Waals surface area contributed by atoms with E-state index in [1.165, 1.54) is 17.7 Å². The van der Waals surface area contributed by atoms with Gasteiger partial charge in [-0.15, -0.1) is 0 Å². The van der Waals surface area contributed by atoms with E-state index in [1.807, 2.05) is 0 Å². The number of rotatable bonds is 4. The molecule has 0 aromatic carbocycles. The third kappa shape index (κ3) is 4.18. The topological polar surface area (TPSA) is 69.6 Å². The minimum atomic E-state index is -0.879. The summed E-state index contributed by atoms with van der Waals surface area (Å²) in [6.07, 6.45) is 4.42. The molecule has 15 heavy (non-hydrogen) atoms. The predicted octanol–water partition coefficient (Wildman–Crippen LogP) is 1.05. The van der Waals surface area contributed by atoms with Gasteiger partial charge in [-0.25, -0.2) is 4.79 Å².